The second kappa shape index (κ2) is 9.72. The van der Waals surface area contributed by atoms with Crippen LogP contribution in [-0.2, 0) is 14.3 Å². The van der Waals surface area contributed by atoms with Gasteiger partial charge in [-0.15, -0.1) is 0 Å². The third kappa shape index (κ3) is 4.64. The number of rotatable bonds is 7. The first-order chi connectivity index (χ1) is 17.0. The first kappa shape index (κ1) is 23.4. The summed E-state index contributed by atoms with van der Waals surface area (Å²) in [7, 11) is 0. The molecular formula is C28H32N2O5. The van der Waals surface area contributed by atoms with E-state index in [9.17, 15) is 19.5 Å². The Morgan fingerprint density at radius 3 is 2.20 bits per heavy atom. The molecule has 3 N–H and O–H groups in total. The molecule has 2 aromatic carbocycles. The Bertz CT molecular complexity index is 1080. The van der Waals surface area contributed by atoms with Gasteiger partial charge in [-0.2, -0.15) is 0 Å². The maximum Gasteiger partial charge on any atom is 0.407 e. The van der Waals surface area contributed by atoms with Crippen molar-refractivity contribution >= 4 is 18.0 Å². The lowest BCUT2D eigenvalue weighted by atomic mass is 9.68. The van der Waals surface area contributed by atoms with Gasteiger partial charge >= 0.3 is 12.1 Å². The van der Waals surface area contributed by atoms with E-state index in [4.69, 9.17) is 4.74 Å². The lowest BCUT2D eigenvalue weighted by Crippen LogP contribution is -2.49. The average molecular weight is 477 g/mol. The number of hydrogen-bond acceptors (Lipinski definition) is 4. The zero-order chi connectivity index (χ0) is 24.4. The Labute approximate surface area is 205 Å². The van der Waals surface area contributed by atoms with Gasteiger partial charge in [0.15, 0.2) is 0 Å². The normalized spacial score (nSPS) is 22.3. The van der Waals surface area contributed by atoms with E-state index in [2.05, 4.69) is 34.9 Å². The first-order valence-corrected chi connectivity index (χ1v) is 12.6. The Kier molecular flexibility index (Phi) is 6.50. The molecule has 2 saturated carbocycles. The molecule has 0 heterocycles. The maximum absolute atomic E-state index is 12.7. The van der Waals surface area contributed by atoms with E-state index >= 15 is 0 Å². The summed E-state index contributed by atoms with van der Waals surface area (Å²) in [6.07, 6.45) is 4.56. The van der Waals surface area contributed by atoms with Crippen LogP contribution in [0.2, 0.25) is 0 Å². The van der Waals surface area contributed by atoms with E-state index in [1.54, 1.807) is 0 Å². The molecule has 2 atom stereocenters. The van der Waals surface area contributed by atoms with Gasteiger partial charge in [-0.1, -0.05) is 61.4 Å². The van der Waals surface area contributed by atoms with E-state index in [1.165, 1.54) is 22.3 Å². The van der Waals surface area contributed by atoms with Crippen molar-refractivity contribution in [2.45, 2.75) is 56.9 Å². The molecule has 2 aromatic rings. The fourth-order valence-electron chi connectivity index (χ4n) is 5.84. The number of fused-ring (bicyclic) bond motifs is 3. The Hall–Kier alpha value is -3.35. The van der Waals surface area contributed by atoms with Gasteiger partial charge in [-0.05, 0) is 54.4 Å². The molecule has 7 nitrogen and oxygen atoms in total. The van der Waals surface area contributed by atoms with Crippen molar-refractivity contribution in [3.05, 3.63) is 59.7 Å². The van der Waals surface area contributed by atoms with Crippen molar-refractivity contribution in [1.29, 1.82) is 0 Å². The monoisotopic (exact) mass is 476 g/mol. The summed E-state index contributed by atoms with van der Waals surface area (Å²) in [6.45, 7) is 0.440. The van der Waals surface area contributed by atoms with Gasteiger partial charge in [0, 0.05) is 24.4 Å². The van der Waals surface area contributed by atoms with Crippen LogP contribution in [0.3, 0.4) is 0 Å². The van der Waals surface area contributed by atoms with E-state index < -0.39 is 17.5 Å². The fraction of sp³-hybridized carbons (Fsp3) is 0.464. The quantitative estimate of drug-likeness (QED) is 0.547. The Morgan fingerprint density at radius 1 is 0.943 bits per heavy atom. The minimum Gasteiger partial charge on any atom is -0.481 e. The van der Waals surface area contributed by atoms with Crippen LogP contribution < -0.4 is 10.6 Å². The minimum atomic E-state index is -0.831. The Balaban J connectivity index is 1.13. The van der Waals surface area contributed by atoms with Crippen LogP contribution in [0.1, 0.15) is 62.0 Å². The highest BCUT2D eigenvalue weighted by Crippen LogP contribution is 2.44. The van der Waals surface area contributed by atoms with E-state index in [0.717, 1.165) is 25.7 Å². The molecule has 0 spiro atoms. The molecule has 3 aliphatic rings. The van der Waals surface area contributed by atoms with Crippen LogP contribution in [-0.4, -0.2) is 42.3 Å². The number of carbonyl (C=O) groups is 3. The predicted octanol–water partition coefficient (Wildman–Crippen LogP) is 4.46. The van der Waals surface area contributed by atoms with Crippen LogP contribution in [0.25, 0.3) is 11.1 Å². The number of ether oxygens (including phenoxy) is 1. The highest BCUT2D eigenvalue weighted by molar-refractivity contribution is 5.81. The second-order valence-corrected chi connectivity index (χ2v) is 10.2. The summed E-state index contributed by atoms with van der Waals surface area (Å²) >= 11 is 0. The number of carboxylic acid groups (broad SMARTS) is 1. The first-order valence-electron chi connectivity index (χ1n) is 12.6. The molecule has 0 radical (unpaired) electrons. The van der Waals surface area contributed by atoms with Crippen molar-refractivity contribution < 1.29 is 24.2 Å². The highest BCUT2D eigenvalue weighted by atomic mass is 16.5. The molecule has 7 heteroatoms. The van der Waals surface area contributed by atoms with Crippen molar-refractivity contribution in [2.75, 3.05) is 13.2 Å². The molecule has 184 valence electrons. The zero-order valence-electron chi connectivity index (χ0n) is 19.8. The van der Waals surface area contributed by atoms with Gasteiger partial charge in [0.05, 0.1) is 5.41 Å². The largest absolute Gasteiger partial charge is 0.481 e. The van der Waals surface area contributed by atoms with Crippen molar-refractivity contribution in [2.24, 2.45) is 11.3 Å². The number of hydrogen-bond donors (Lipinski definition) is 3. The minimum absolute atomic E-state index is 0.00564. The number of amides is 2. The highest BCUT2D eigenvalue weighted by Gasteiger charge is 2.45. The van der Waals surface area contributed by atoms with Gasteiger partial charge in [-0.3, -0.25) is 9.59 Å². The molecule has 0 unspecified atom stereocenters. The van der Waals surface area contributed by atoms with E-state index in [1.807, 2.05) is 24.3 Å². The number of benzene rings is 2. The van der Waals surface area contributed by atoms with Crippen molar-refractivity contribution in [3.8, 4) is 11.1 Å². The van der Waals surface area contributed by atoms with Gasteiger partial charge in [-0.25, -0.2) is 4.79 Å². The van der Waals surface area contributed by atoms with Crippen LogP contribution in [0, 0.1) is 11.3 Å². The maximum atomic E-state index is 12.7. The third-order valence-electron chi connectivity index (χ3n) is 8.08. The standard InChI is InChI=1S/C28H32N2O5/c31-25(29-17-28(26(32)33)13-6-14-28)18-7-5-8-19(15-18)30-27(34)35-16-24-22-11-3-1-9-20(22)21-10-2-4-12-23(21)24/h1-4,9-12,18-19,24H,5-8,13-17H2,(H,29,31)(H,30,34)(H,32,33)/t18-,19+/m1/s1. The summed E-state index contributed by atoms with van der Waals surface area (Å²) in [4.78, 5) is 36.9. The SMILES string of the molecule is O=C(N[C@H]1CCC[C@@H](C(=O)NCC2(C(=O)O)CCC2)C1)OCC1c2ccccc2-c2ccccc21. The second-order valence-electron chi connectivity index (χ2n) is 10.2. The fourth-order valence-corrected chi connectivity index (χ4v) is 5.84. The summed E-state index contributed by atoms with van der Waals surface area (Å²) in [6, 6.07) is 16.3. The molecular weight excluding hydrogens is 444 g/mol. The topological polar surface area (TPSA) is 105 Å². The van der Waals surface area contributed by atoms with E-state index in [0.29, 0.717) is 19.3 Å². The van der Waals surface area contributed by atoms with Gasteiger partial charge in [0.25, 0.3) is 0 Å². The third-order valence-corrected chi connectivity index (χ3v) is 8.08. The van der Waals surface area contributed by atoms with Crippen LogP contribution >= 0.6 is 0 Å². The van der Waals surface area contributed by atoms with Crippen molar-refractivity contribution in [3.63, 3.8) is 0 Å². The zero-order valence-corrected chi connectivity index (χ0v) is 19.8. The lowest BCUT2D eigenvalue weighted by Gasteiger charge is -2.38. The van der Waals surface area contributed by atoms with Crippen molar-refractivity contribution in [1.82, 2.24) is 10.6 Å². The molecule has 3 aliphatic carbocycles. The molecule has 0 aromatic heterocycles. The summed E-state index contributed by atoms with van der Waals surface area (Å²) in [5.41, 5.74) is 3.90. The number of carbonyl (C=O) groups excluding carboxylic acids is 2. The molecule has 35 heavy (non-hydrogen) atoms. The van der Waals surface area contributed by atoms with Crippen LogP contribution in [0.5, 0.6) is 0 Å². The predicted molar refractivity (Wildman–Crippen MR) is 131 cm³/mol. The number of alkyl carbamates (subject to hydrolysis) is 1. The van der Waals surface area contributed by atoms with Crippen LogP contribution in [0.15, 0.2) is 48.5 Å². The summed E-state index contributed by atoms with van der Waals surface area (Å²) in [5, 5.41) is 15.3. The molecule has 0 saturated heterocycles. The molecule has 0 bridgehead atoms. The van der Waals surface area contributed by atoms with Gasteiger partial charge < -0.3 is 20.5 Å². The number of carboxylic acids is 1. The average Bonchev–Trinajstić information content (AvgIpc) is 3.15. The van der Waals surface area contributed by atoms with E-state index in [-0.39, 0.29) is 36.9 Å². The summed E-state index contributed by atoms with van der Waals surface area (Å²) < 4.78 is 5.66. The number of nitrogens with one attached hydrogen (secondary N) is 2. The molecule has 2 amide bonds. The lowest BCUT2D eigenvalue weighted by molar-refractivity contribution is -0.154. The van der Waals surface area contributed by atoms with Gasteiger partial charge in [0.2, 0.25) is 5.91 Å². The smallest absolute Gasteiger partial charge is 0.407 e. The molecule has 5 rings (SSSR count). The molecule has 0 aliphatic heterocycles. The summed E-state index contributed by atoms with van der Waals surface area (Å²) in [5.74, 6) is -1.17. The molecule has 2 fully saturated rings. The van der Waals surface area contributed by atoms with Gasteiger partial charge in [0.1, 0.15) is 6.61 Å². The van der Waals surface area contributed by atoms with Crippen LogP contribution in [0.4, 0.5) is 4.79 Å². The number of aliphatic carboxylic acids is 1. The Morgan fingerprint density at radius 2 is 1.60 bits per heavy atom.